The molecular formula is C17H19BrCl2N2O. The molecule has 0 radical (unpaired) electrons. The first-order valence-corrected chi connectivity index (χ1v) is 8.84. The van der Waals surface area contributed by atoms with Gasteiger partial charge in [0.2, 0.25) is 5.91 Å². The Morgan fingerprint density at radius 1 is 1.43 bits per heavy atom. The van der Waals surface area contributed by atoms with Crippen molar-refractivity contribution in [1.82, 2.24) is 4.90 Å². The lowest BCUT2D eigenvalue weighted by molar-refractivity contribution is -0.127. The molecule has 6 heteroatoms. The van der Waals surface area contributed by atoms with E-state index in [-0.39, 0.29) is 11.3 Å². The first kappa shape index (κ1) is 20.0. The third kappa shape index (κ3) is 6.55. The number of carbonyl (C=O) groups is 1. The summed E-state index contributed by atoms with van der Waals surface area (Å²) in [5.41, 5.74) is 1.26. The highest BCUT2D eigenvalue weighted by molar-refractivity contribution is 9.10. The fraction of sp³-hybridized carbons (Fsp3) is 0.412. The quantitative estimate of drug-likeness (QED) is 0.474. The first-order valence-electron chi connectivity index (χ1n) is 7.23. The standard InChI is InChI=1S/C17H19BrCl2N2O/c1-11(2)9-22(17(23)5-4-12(3)19)10-14-7-16(20)13(8-21)6-15(14)18/h4-7,11-12H,9-10H2,1-3H3/b5-4+. The van der Waals surface area contributed by atoms with E-state index >= 15 is 0 Å². The Kier molecular flexibility index (Phi) is 8.11. The molecule has 0 aliphatic carbocycles. The molecule has 0 aromatic heterocycles. The van der Waals surface area contributed by atoms with E-state index in [4.69, 9.17) is 28.5 Å². The molecular weight excluding hydrogens is 399 g/mol. The molecule has 0 heterocycles. The molecule has 23 heavy (non-hydrogen) atoms. The van der Waals surface area contributed by atoms with Gasteiger partial charge < -0.3 is 4.90 Å². The van der Waals surface area contributed by atoms with Gasteiger partial charge in [0.15, 0.2) is 0 Å². The molecule has 0 fully saturated rings. The highest BCUT2D eigenvalue weighted by atomic mass is 79.9. The Bertz CT molecular complexity index is 636. The minimum Gasteiger partial charge on any atom is -0.335 e. The summed E-state index contributed by atoms with van der Waals surface area (Å²) in [5, 5.41) is 9.19. The van der Waals surface area contributed by atoms with Crippen molar-refractivity contribution < 1.29 is 4.79 Å². The monoisotopic (exact) mass is 416 g/mol. The van der Waals surface area contributed by atoms with Crippen LogP contribution in [0.25, 0.3) is 0 Å². The third-order valence-electron chi connectivity index (χ3n) is 3.02. The number of amides is 1. The zero-order chi connectivity index (χ0) is 17.6. The average Bonchev–Trinajstić information content (AvgIpc) is 2.46. The topological polar surface area (TPSA) is 44.1 Å². The lowest BCUT2D eigenvalue weighted by Gasteiger charge is -2.24. The van der Waals surface area contributed by atoms with Crippen molar-refractivity contribution in [3.8, 4) is 6.07 Å². The van der Waals surface area contributed by atoms with E-state index in [1.807, 2.05) is 6.07 Å². The molecule has 0 spiro atoms. The second-order valence-corrected chi connectivity index (χ2v) is 7.63. The van der Waals surface area contributed by atoms with Crippen LogP contribution < -0.4 is 0 Å². The van der Waals surface area contributed by atoms with E-state index in [0.717, 1.165) is 10.0 Å². The molecule has 0 bridgehead atoms. The number of carbonyl (C=O) groups excluding carboxylic acids is 1. The Hall–Kier alpha value is -1.02. The van der Waals surface area contributed by atoms with Crippen LogP contribution >= 0.6 is 39.1 Å². The SMILES string of the molecule is CC(Cl)/C=C/C(=O)N(Cc1cc(Cl)c(C#N)cc1Br)CC(C)C. The highest BCUT2D eigenvalue weighted by Crippen LogP contribution is 2.26. The third-order valence-corrected chi connectivity index (χ3v) is 4.22. The summed E-state index contributed by atoms with van der Waals surface area (Å²) in [6, 6.07) is 5.43. The average molecular weight is 418 g/mol. The number of hydrogen-bond acceptors (Lipinski definition) is 2. The minimum atomic E-state index is -0.198. The van der Waals surface area contributed by atoms with Gasteiger partial charge in [-0.15, -0.1) is 11.6 Å². The van der Waals surface area contributed by atoms with Crippen LogP contribution in [0.5, 0.6) is 0 Å². The number of rotatable bonds is 6. The van der Waals surface area contributed by atoms with Crippen LogP contribution in [0.3, 0.4) is 0 Å². The normalized spacial score (nSPS) is 12.4. The van der Waals surface area contributed by atoms with Crippen LogP contribution in [0, 0.1) is 17.2 Å². The van der Waals surface area contributed by atoms with E-state index in [1.165, 1.54) is 6.08 Å². The first-order chi connectivity index (χ1) is 10.7. The summed E-state index contributed by atoms with van der Waals surface area (Å²) in [7, 11) is 0. The van der Waals surface area contributed by atoms with E-state index in [2.05, 4.69) is 29.8 Å². The predicted octanol–water partition coefficient (Wildman–Crippen LogP) is 5.14. The Balaban J connectivity index is 3.04. The van der Waals surface area contributed by atoms with Crippen LogP contribution in [0.1, 0.15) is 31.9 Å². The van der Waals surface area contributed by atoms with Crippen molar-refractivity contribution in [2.45, 2.75) is 32.7 Å². The fourth-order valence-corrected chi connectivity index (χ4v) is 2.76. The summed E-state index contributed by atoms with van der Waals surface area (Å²) in [4.78, 5) is 14.1. The molecule has 124 valence electrons. The number of nitrogens with zero attached hydrogens (tertiary/aromatic N) is 2. The van der Waals surface area contributed by atoms with Crippen LogP contribution in [-0.2, 0) is 11.3 Å². The van der Waals surface area contributed by atoms with Gasteiger partial charge in [0, 0.05) is 29.0 Å². The van der Waals surface area contributed by atoms with Gasteiger partial charge in [-0.25, -0.2) is 0 Å². The van der Waals surface area contributed by atoms with Crippen molar-refractivity contribution in [3.05, 3.63) is 44.9 Å². The van der Waals surface area contributed by atoms with Gasteiger partial charge in [-0.3, -0.25) is 4.79 Å². The van der Waals surface area contributed by atoms with Crippen LogP contribution in [0.4, 0.5) is 0 Å². The molecule has 1 aromatic carbocycles. The summed E-state index contributed by atoms with van der Waals surface area (Å²) in [6.45, 7) is 6.92. The van der Waals surface area contributed by atoms with E-state index in [9.17, 15) is 4.79 Å². The molecule has 1 amide bonds. The van der Waals surface area contributed by atoms with Gasteiger partial charge in [-0.1, -0.05) is 47.5 Å². The molecule has 3 nitrogen and oxygen atoms in total. The van der Waals surface area contributed by atoms with E-state index in [0.29, 0.717) is 29.6 Å². The number of nitriles is 1. The second kappa shape index (κ2) is 9.32. The summed E-state index contributed by atoms with van der Waals surface area (Å²) in [6.07, 6.45) is 3.16. The van der Waals surface area contributed by atoms with Crippen molar-refractivity contribution >= 4 is 45.0 Å². The largest absolute Gasteiger partial charge is 0.335 e. The van der Waals surface area contributed by atoms with Gasteiger partial charge in [0.1, 0.15) is 6.07 Å². The molecule has 1 unspecified atom stereocenters. The highest BCUT2D eigenvalue weighted by Gasteiger charge is 2.16. The van der Waals surface area contributed by atoms with Gasteiger partial charge in [0.05, 0.1) is 10.6 Å². The number of benzene rings is 1. The molecule has 1 atom stereocenters. The van der Waals surface area contributed by atoms with Gasteiger partial charge in [0.25, 0.3) is 0 Å². The second-order valence-electron chi connectivity index (χ2n) is 5.68. The van der Waals surface area contributed by atoms with E-state index < -0.39 is 0 Å². The molecule has 0 saturated carbocycles. The summed E-state index contributed by atoms with van der Waals surface area (Å²) in [5.74, 6) is 0.229. The smallest absolute Gasteiger partial charge is 0.246 e. The lowest BCUT2D eigenvalue weighted by Crippen LogP contribution is -2.32. The van der Waals surface area contributed by atoms with Crippen molar-refractivity contribution in [2.24, 2.45) is 5.92 Å². The van der Waals surface area contributed by atoms with Crippen LogP contribution in [0.2, 0.25) is 5.02 Å². The predicted molar refractivity (Wildman–Crippen MR) is 98.6 cm³/mol. The Morgan fingerprint density at radius 2 is 2.09 bits per heavy atom. The number of halogens is 3. The molecule has 0 saturated heterocycles. The molecule has 1 aromatic rings. The maximum atomic E-state index is 12.4. The zero-order valence-corrected chi connectivity index (χ0v) is 16.4. The maximum absolute atomic E-state index is 12.4. The van der Waals surface area contributed by atoms with Gasteiger partial charge >= 0.3 is 0 Å². The zero-order valence-electron chi connectivity index (χ0n) is 13.3. The van der Waals surface area contributed by atoms with Crippen molar-refractivity contribution in [2.75, 3.05) is 6.54 Å². The summed E-state index contributed by atoms with van der Waals surface area (Å²) >= 11 is 15.4. The molecule has 1 rings (SSSR count). The maximum Gasteiger partial charge on any atom is 0.246 e. The lowest BCUT2D eigenvalue weighted by atomic mass is 10.1. The van der Waals surface area contributed by atoms with Gasteiger partial charge in [-0.05, 0) is 30.5 Å². The molecule has 0 aliphatic heterocycles. The van der Waals surface area contributed by atoms with Crippen molar-refractivity contribution in [1.29, 1.82) is 5.26 Å². The van der Waals surface area contributed by atoms with E-state index in [1.54, 1.807) is 30.0 Å². The minimum absolute atomic E-state index is 0.0985. The molecule has 0 aliphatic rings. The number of alkyl halides is 1. The number of allylic oxidation sites excluding steroid dienone is 1. The summed E-state index contributed by atoms with van der Waals surface area (Å²) < 4.78 is 0.759. The fourth-order valence-electron chi connectivity index (χ4n) is 1.99. The Morgan fingerprint density at radius 3 is 2.61 bits per heavy atom. The van der Waals surface area contributed by atoms with Crippen LogP contribution in [-0.4, -0.2) is 22.7 Å². The van der Waals surface area contributed by atoms with Crippen LogP contribution in [0.15, 0.2) is 28.8 Å². The van der Waals surface area contributed by atoms with Crippen molar-refractivity contribution in [3.63, 3.8) is 0 Å². The molecule has 0 N–H and O–H groups in total. The van der Waals surface area contributed by atoms with Gasteiger partial charge in [-0.2, -0.15) is 5.26 Å². The Labute approximate surface area is 156 Å². The number of hydrogen-bond donors (Lipinski definition) is 0.